The molecule has 0 spiro atoms. The lowest BCUT2D eigenvalue weighted by atomic mass is 9.97. The molecule has 98 valence electrons. The molecule has 2 rings (SSSR count). The van der Waals surface area contributed by atoms with Crippen molar-refractivity contribution in [3.05, 3.63) is 28.8 Å². The molecule has 0 fully saturated rings. The highest BCUT2D eigenvalue weighted by Crippen LogP contribution is 2.31. The van der Waals surface area contributed by atoms with E-state index in [1.54, 1.807) is 11.8 Å². The van der Waals surface area contributed by atoms with E-state index in [1.165, 1.54) is 5.56 Å². The fraction of sp³-hybridized carbons (Fsp3) is 0.500. The first-order valence-electron chi connectivity index (χ1n) is 6.28. The first-order chi connectivity index (χ1) is 8.52. The summed E-state index contributed by atoms with van der Waals surface area (Å²) in [7, 11) is 0. The van der Waals surface area contributed by atoms with Crippen LogP contribution in [0.2, 0.25) is 5.02 Å². The first-order valence-corrected chi connectivity index (χ1v) is 7.64. The molecule has 0 aliphatic carbocycles. The zero-order valence-electron chi connectivity index (χ0n) is 11.1. The molecule has 1 aromatic rings. The summed E-state index contributed by atoms with van der Waals surface area (Å²) in [6.45, 7) is 6.47. The molecule has 1 atom stereocenters. The maximum atomic E-state index is 6.19. The number of thioether (sulfide) groups is 1. The number of benzene rings is 1. The summed E-state index contributed by atoms with van der Waals surface area (Å²) < 4.78 is 0. The van der Waals surface area contributed by atoms with E-state index >= 15 is 0 Å². The molecular formula is C14H19ClN2S. The lowest BCUT2D eigenvalue weighted by Gasteiger charge is -2.29. The Bertz CT molecular complexity index is 473. The van der Waals surface area contributed by atoms with E-state index in [0.717, 1.165) is 34.5 Å². The standard InChI is InChI=1S/C14H19ClN2S/c1-4-14(3)7-8-18-13(17-14)16-12-9-10(2)5-6-11(12)15/h5-6,9H,4,7-8H2,1-3H3,(H,16,17). The quantitative estimate of drug-likeness (QED) is 0.849. The van der Waals surface area contributed by atoms with Crippen molar-refractivity contribution < 1.29 is 0 Å². The molecule has 1 N–H and O–H groups in total. The van der Waals surface area contributed by atoms with Crippen molar-refractivity contribution in [2.24, 2.45) is 4.99 Å². The second kappa shape index (κ2) is 5.54. The minimum absolute atomic E-state index is 0.0733. The SMILES string of the molecule is CCC1(C)CCSC(Nc2cc(C)ccc2Cl)=N1. The summed E-state index contributed by atoms with van der Waals surface area (Å²) in [6, 6.07) is 6.00. The van der Waals surface area contributed by atoms with Crippen molar-refractivity contribution in [1.29, 1.82) is 0 Å². The number of hydrogen-bond donors (Lipinski definition) is 1. The van der Waals surface area contributed by atoms with Crippen LogP contribution in [0.1, 0.15) is 32.3 Å². The van der Waals surface area contributed by atoms with Crippen molar-refractivity contribution in [3.8, 4) is 0 Å². The molecule has 2 nitrogen and oxygen atoms in total. The maximum absolute atomic E-state index is 6.19. The Morgan fingerprint density at radius 1 is 1.50 bits per heavy atom. The van der Waals surface area contributed by atoms with Crippen LogP contribution < -0.4 is 5.32 Å². The summed E-state index contributed by atoms with van der Waals surface area (Å²) in [6.07, 6.45) is 2.21. The average Bonchev–Trinajstić information content (AvgIpc) is 2.34. The van der Waals surface area contributed by atoms with Gasteiger partial charge in [-0.25, -0.2) is 0 Å². The van der Waals surface area contributed by atoms with Crippen LogP contribution in [0.5, 0.6) is 0 Å². The normalized spacial score (nSPS) is 23.7. The number of amidine groups is 1. The van der Waals surface area contributed by atoms with E-state index < -0.39 is 0 Å². The molecule has 0 amide bonds. The molecule has 1 unspecified atom stereocenters. The molecule has 18 heavy (non-hydrogen) atoms. The highest BCUT2D eigenvalue weighted by Gasteiger charge is 2.26. The third-order valence-electron chi connectivity index (χ3n) is 3.38. The largest absolute Gasteiger partial charge is 0.334 e. The van der Waals surface area contributed by atoms with E-state index in [4.69, 9.17) is 16.6 Å². The molecule has 1 aromatic carbocycles. The van der Waals surface area contributed by atoms with Gasteiger partial charge in [0.25, 0.3) is 0 Å². The van der Waals surface area contributed by atoms with Gasteiger partial charge < -0.3 is 5.32 Å². The second-order valence-electron chi connectivity index (χ2n) is 4.97. The zero-order chi connectivity index (χ0) is 13.2. The molecule has 0 saturated heterocycles. The van der Waals surface area contributed by atoms with Crippen LogP contribution in [0.4, 0.5) is 5.69 Å². The van der Waals surface area contributed by atoms with Gasteiger partial charge in [-0.1, -0.05) is 36.4 Å². The van der Waals surface area contributed by atoms with Gasteiger partial charge in [-0.05, 0) is 44.4 Å². The fourth-order valence-electron chi connectivity index (χ4n) is 1.87. The molecule has 1 aliphatic rings. The highest BCUT2D eigenvalue weighted by molar-refractivity contribution is 8.14. The lowest BCUT2D eigenvalue weighted by Crippen LogP contribution is -2.29. The Kier molecular flexibility index (Phi) is 4.23. The van der Waals surface area contributed by atoms with Gasteiger partial charge in [0.05, 0.1) is 16.2 Å². The van der Waals surface area contributed by atoms with Crippen LogP contribution in [-0.2, 0) is 0 Å². The number of nitrogens with one attached hydrogen (secondary N) is 1. The summed E-state index contributed by atoms with van der Waals surface area (Å²) >= 11 is 7.96. The monoisotopic (exact) mass is 282 g/mol. The van der Waals surface area contributed by atoms with Gasteiger partial charge in [0, 0.05) is 5.75 Å². The molecule has 4 heteroatoms. The Morgan fingerprint density at radius 3 is 3.00 bits per heavy atom. The fourth-order valence-corrected chi connectivity index (χ4v) is 3.24. The third kappa shape index (κ3) is 3.21. The summed E-state index contributed by atoms with van der Waals surface area (Å²) in [5.74, 6) is 1.11. The maximum Gasteiger partial charge on any atom is 0.161 e. The van der Waals surface area contributed by atoms with Gasteiger partial charge >= 0.3 is 0 Å². The highest BCUT2D eigenvalue weighted by atomic mass is 35.5. The number of halogens is 1. The number of anilines is 1. The van der Waals surface area contributed by atoms with Crippen LogP contribution in [0, 0.1) is 6.92 Å². The van der Waals surface area contributed by atoms with E-state index in [0.29, 0.717) is 0 Å². The van der Waals surface area contributed by atoms with Crippen LogP contribution in [0.15, 0.2) is 23.2 Å². The summed E-state index contributed by atoms with van der Waals surface area (Å²) in [5, 5.41) is 5.09. The van der Waals surface area contributed by atoms with E-state index in [-0.39, 0.29) is 5.54 Å². The smallest absolute Gasteiger partial charge is 0.161 e. The van der Waals surface area contributed by atoms with E-state index in [1.807, 2.05) is 12.1 Å². The molecule has 0 radical (unpaired) electrons. The molecule has 0 saturated carbocycles. The zero-order valence-corrected chi connectivity index (χ0v) is 12.7. The second-order valence-corrected chi connectivity index (χ2v) is 6.47. The van der Waals surface area contributed by atoms with Crippen molar-refractivity contribution >= 4 is 34.2 Å². The number of rotatable bonds is 2. The number of aliphatic imine (C=N–C) groups is 1. The van der Waals surface area contributed by atoms with E-state index in [9.17, 15) is 0 Å². The lowest BCUT2D eigenvalue weighted by molar-refractivity contribution is 0.443. The minimum atomic E-state index is 0.0733. The third-order valence-corrected chi connectivity index (χ3v) is 4.58. The molecule has 1 heterocycles. The van der Waals surface area contributed by atoms with E-state index in [2.05, 4.69) is 32.2 Å². The van der Waals surface area contributed by atoms with Gasteiger partial charge in [-0.15, -0.1) is 0 Å². The Balaban J connectivity index is 2.21. The van der Waals surface area contributed by atoms with Gasteiger partial charge in [-0.3, -0.25) is 4.99 Å². The molecule has 0 bridgehead atoms. The predicted octanol–water partition coefficient (Wildman–Crippen LogP) is 4.72. The first kappa shape index (κ1) is 13.8. The van der Waals surface area contributed by atoms with Crippen LogP contribution in [0.25, 0.3) is 0 Å². The van der Waals surface area contributed by atoms with Crippen LogP contribution in [0.3, 0.4) is 0 Å². The predicted molar refractivity (Wildman–Crippen MR) is 83.0 cm³/mol. The Hall–Kier alpha value is -0.670. The van der Waals surface area contributed by atoms with Gasteiger partial charge in [0.1, 0.15) is 0 Å². The molecular weight excluding hydrogens is 264 g/mol. The van der Waals surface area contributed by atoms with Crippen molar-refractivity contribution in [2.75, 3.05) is 11.1 Å². The Labute approximate surface area is 118 Å². The minimum Gasteiger partial charge on any atom is -0.334 e. The Morgan fingerprint density at radius 2 is 2.28 bits per heavy atom. The van der Waals surface area contributed by atoms with Crippen molar-refractivity contribution in [1.82, 2.24) is 0 Å². The van der Waals surface area contributed by atoms with Crippen LogP contribution in [-0.4, -0.2) is 16.5 Å². The van der Waals surface area contributed by atoms with Gasteiger partial charge in [-0.2, -0.15) is 0 Å². The topological polar surface area (TPSA) is 24.4 Å². The average molecular weight is 283 g/mol. The van der Waals surface area contributed by atoms with Gasteiger partial charge in [0.15, 0.2) is 5.17 Å². The van der Waals surface area contributed by atoms with Crippen LogP contribution >= 0.6 is 23.4 Å². The number of aryl methyl sites for hydroxylation is 1. The summed E-state index contributed by atoms with van der Waals surface area (Å²) in [4.78, 5) is 4.81. The molecule has 0 aromatic heterocycles. The van der Waals surface area contributed by atoms with Gasteiger partial charge in [0.2, 0.25) is 0 Å². The van der Waals surface area contributed by atoms with Crippen molar-refractivity contribution in [3.63, 3.8) is 0 Å². The number of hydrogen-bond acceptors (Lipinski definition) is 3. The summed E-state index contributed by atoms with van der Waals surface area (Å²) in [5.41, 5.74) is 2.22. The van der Waals surface area contributed by atoms with Crippen molar-refractivity contribution in [2.45, 2.75) is 39.2 Å². The molecule has 1 aliphatic heterocycles. The number of nitrogens with zero attached hydrogens (tertiary/aromatic N) is 1.